The maximum atomic E-state index is 10.5. The van der Waals surface area contributed by atoms with Gasteiger partial charge in [0.25, 0.3) is 0 Å². The fourth-order valence-corrected chi connectivity index (χ4v) is 3.12. The second-order valence-corrected chi connectivity index (χ2v) is 6.90. The van der Waals surface area contributed by atoms with Gasteiger partial charge >= 0.3 is 0 Å². The first-order valence-electron chi connectivity index (χ1n) is 9.54. The van der Waals surface area contributed by atoms with Crippen molar-refractivity contribution in [3.05, 3.63) is 83.8 Å². The van der Waals surface area contributed by atoms with Crippen molar-refractivity contribution < 1.29 is 24.1 Å². The number of phenolic OH excluding ortho intramolecular Hbond substituents is 1. The molecule has 0 saturated carbocycles. The standard InChI is InChI=1S/C23H27NO5/c1-27-21-8-4-6-18(12-21)16-28-17-20(25)14-24(15-22-9-5-11-29-22)13-19-7-2-3-10-23(19)26/h2-12,20,25-26H,13-17H2,1H3/t20-/m0/s1. The van der Waals surface area contributed by atoms with Crippen molar-refractivity contribution in [1.29, 1.82) is 0 Å². The number of aromatic hydroxyl groups is 1. The third kappa shape index (κ3) is 6.64. The van der Waals surface area contributed by atoms with Crippen molar-refractivity contribution in [2.45, 2.75) is 25.8 Å². The second kappa shape index (κ2) is 10.7. The van der Waals surface area contributed by atoms with E-state index in [0.717, 1.165) is 22.6 Å². The Morgan fingerprint density at radius 1 is 1.03 bits per heavy atom. The zero-order valence-corrected chi connectivity index (χ0v) is 16.5. The van der Waals surface area contributed by atoms with Crippen LogP contribution in [0.1, 0.15) is 16.9 Å². The average molecular weight is 397 g/mol. The van der Waals surface area contributed by atoms with Gasteiger partial charge in [0.2, 0.25) is 0 Å². The number of nitrogens with zero attached hydrogens (tertiary/aromatic N) is 1. The van der Waals surface area contributed by atoms with Crippen molar-refractivity contribution in [1.82, 2.24) is 4.90 Å². The zero-order valence-electron chi connectivity index (χ0n) is 16.5. The largest absolute Gasteiger partial charge is 0.508 e. The minimum Gasteiger partial charge on any atom is -0.508 e. The van der Waals surface area contributed by atoms with E-state index in [2.05, 4.69) is 0 Å². The summed E-state index contributed by atoms with van der Waals surface area (Å²) in [5.74, 6) is 1.81. The first kappa shape index (κ1) is 20.9. The molecule has 0 fully saturated rings. The summed E-state index contributed by atoms with van der Waals surface area (Å²) in [7, 11) is 1.63. The Bertz CT molecular complexity index is 865. The van der Waals surface area contributed by atoms with Gasteiger partial charge in [-0.05, 0) is 35.9 Å². The van der Waals surface area contributed by atoms with Crippen LogP contribution in [0.2, 0.25) is 0 Å². The third-order valence-electron chi connectivity index (χ3n) is 4.53. The van der Waals surface area contributed by atoms with Crippen LogP contribution >= 0.6 is 0 Å². The number of para-hydroxylation sites is 1. The topological polar surface area (TPSA) is 75.3 Å². The second-order valence-electron chi connectivity index (χ2n) is 6.90. The molecule has 1 heterocycles. The molecule has 29 heavy (non-hydrogen) atoms. The van der Waals surface area contributed by atoms with E-state index in [-0.39, 0.29) is 12.4 Å². The van der Waals surface area contributed by atoms with E-state index in [1.165, 1.54) is 0 Å². The highest BCUT2D eigenvalue weighted by Crippen LogP contribution is 2.19. The normalized spacial score (nSPS) is 12.2. The molecule has 0 aliphatic rings. The summed E-state index contributed by atoms with van der Waals surface area (Å²) in [6, 6.07) is 18.6. The highest BCUT2D eigenvalue weighted by molar-refractivity contribution is 5.31. The first-order chi connectivity index (χ1) is 14.1. The van der Waals surface area contributed by atoms with E-state index in [4.69, 9.17) is 13.9 Å². The van der Waals surface area contributed by atoms with Crippen molar-refractivity contribution in [3.63, 3.8) is 0 Å². The smallest absolute Gasteiger partial charge is 0.120 e. The number of furan rings is 1. The quantitative estimate of drug-likeness (QED) is 0.515. The summed E-state index contributed by atoms with van der Waals surface area (Å²) in [6.45, 7) is 1.99. The lowest BCUT2D eigenvalue weighted by molar-refractivity contribution is 0.00599. The van der Waals surface area contributed by atoms with Crippen LogP contribution < -0.4 is 4.74 Å². The highest BCUT2D eigenvalue weighted by Gasteiger charge is 2.16. The molecule has 0 unspecified atom stereocenters. The summed E-state index contributed by atoms with van der Waals surface area (Å²) >= 11 is 0. The number of rotatable bonds is 11. The summed E-state index contributed by atoms with van der Waals surface area (Å²) in [5.41, 5.74) is 1.78. The Morgan fingerprint density at radius 2 is 1.90 bits per heavy atom. The summed E-state index contributed by atoms with van der Waals surface area (Å²) in [6.07, 6.45) is 0.947. The van der Waals surface area contributed by atoms with Crippen molar-refractivity contribution in [2.75, 3.05) is 20.3 Å². The van der Waals surface area contributed by atoms with Gasteiger partial charge in [0.15, 0.2) is 0 Å². The molecule has 0 amide bonds. The van der Waals surface area contributed by atoms with Crippen molar-refractivity contribution in [2.24, 2.45) is 0 Å². The number of methoxy groups -OCH3 is 1. The lowest BCUT2D eigenvalue weighted by atomic mass is 10.1. The van der Waals surface area contributed by atoms with Crippen LogP contribution in [0.5, 0.6) is 11.5 Å². The minimum absolute atomic E-state index is 0.201. The molecule has 1 aromatic heterocycles. The van der Waals surface area contributed by atoms with Gasteiger partial charge in [0.05, 0.1) is 39.2 Å². The van der Waals surface area contributed by atoms with Gasteiger partial charge in [-0.1, -0.05) is 30.3 Å². The molecule has 0 spiro atoms. The van der Waals surface area contributed by atoms with Crippen molar-refractivity contribution >= 4 is 0 Å². The van der Waals surface area contributed by atoms with E-state index in [9.17, 15) is 10.2 Å². The molecule has 0 radical (unpaired) electrons. The van der Waals surface area contributed by atoms with Gasteiger partial charge in [0, 0.05) is 18.7 Å². The van der Waals surface area contributed by atoms with E-state index in [1.807, 2.05) is 53.4 Å². The molecule has 0 aliphatic carbocycles. The van der Waals surface area contributed by atoms with Crippen LogP contribution in [0.3, 0.4) is 0 Å². The molecule has 0 saturated heterocycles. The maximum Gasteiger partial charge on any atom is 0.120 e. The third-order valence-corrected chi connectivity index (χ3v) is 4.53. The molecule has 6 heteroatoms. The van der Waals surface area contributed by atoms with Gasteiger partial charge < -0.3 is 24.1 Å². The number of benzene rings is 2. The molecule has 6 nitrogen and oxygen atoms in total. The highest BCUT2D eigenvalue weighted by atomic mass is 16.5. The van der Waals surface area contributed by atoms with Crippen LogP contribution in [0.4, 0.5) is 0 Å². The van der Waals surface area contributed by atoms with Gasteiger partial charge in [-0.3, -0.25) is 4.90 Å². The summed E-state index contributed by atoms with van der Waals surface area (Å²) in [5, 5.41) is 20.6. The fourth-order valence-electron chi connectivity index (χ4n) is 3.12. The number of hydrogen-bond acceptors (Lipinski definition) is 6. The van der Waals surface area contributed by atoms with Crippen LogP contribution in [-0.2, 0) is 24.4 Å². The number of aliphatic hydroxyl groups excluding tert-OH is 1. The van der Waals surface area contributed by atoms with Crippen molar-refractivity contribution in [3.8, 4) is 11.5 Å². The van der Waals surface area contributed by atoms with Gasteiger partial charge in [-0.2, -0.15) is 0 Å². The molecule has 0 bridgehead atoms. The molecule has 0 aliphatic heterocycles. The van der Waals surface area contributed by atoms with Gasteiger partial charge in [-0.15, -0.1) is 0 Å². The number of phenols is 1. The molecule has 2 N–H and O–H groups in total. The summed E-state index contributed by atoms with van der Waals surface area (Å²) < 4.78 is 16.3. The number of hydrogen-bond donors (Lipinski definition) is 2. The predicted molar refractivity (Wildman–Crippen MR) is 110 cm³/mol. The molecule has 3 aromatic rings. The maximum absolute atomic E-state index is 10.5. The average Bonchev–Trinajstić information content (AvgIpc) is 3.23. The monoisotopic (exact) mass is 397 g/mol. The van der Waals surface area contributed by atoms with Gasteiger partial charge in [-0.25, -0.2) is 0 Å². The van der Waals surface area contributed by atoms with Crippen LogP contribution in [0, 0.1) is 0 Å². The Kier molecular flexibility index (Phi) is 7.69. The van der Waals surface area contributed by atoms with E-state index in [0.29, 0.717) is 26.2 Å². The van der Waals surface area contributed by atoms with Gasteiger partial charge in [0.1, 0.15) is 17.3 Å². The SMILES string of the molecule is COc1cccc(COC[C@@H](O)CN(Cc2ccco2)Cc2ccccc2O)c1. The Morgan fingerprint density at radius 3 is 2.66 bits per heavy atom. The molecule has 2 aromatic carbocycles. The minimum atomic E-state index is -0.679. The number of ether oxygens (including phenoxy) is 2. The fraction of sp³-hybridized carbons (Fsp3) is 0.304. The first-order valence-corrected chi connectivity index (χ1v) is 9.54. The summed E-state index contributed by atoms with van der Waals surface area (Å²) in [4.78, 5) is 2.02. The Balaban J connectivity index is 1.55. The molecule has 1 atom stereocenters. The van der Waals surface area contributed by atoms with Crippen LogP contribution in [0.25, 0.3) is 0 Å². The van der Waals surface area contributed by atoms with E-state index < -0.39 is 6.10 Å². The van der Waals surface area contributed by atoms with E-state index in [1.54, 1.807) is 25.5 Å². The zero-order chi connectivity index (χ0) is 20.5. The van der Waals surface area contributed by atoms with Crippen LogP contribution in [0.15, 0.2) is 71.3 Å². The molecular weight excluding hydrogens is 370 g/mol. The van der Waals surface area contributed by atoms with Crippen LogP contribution in [-0.4, -0.2) is 41.5 Å². The molecule has 154 valence electrons. The van der Waals surface area contributed by atoms with E-state index >= 15 is 0 Å². The lowest BCUT2D eigenvalue weighted by Gasteiger charge is -2.24. The Hall–Kier alpha value is -2.80. The molecular formula is C23H27NO5. The molecule has 3 rings (SSSR count). The lowest BCUT2D eigenvalue weighted by Crippen LogP contribution is -2.34. The Labute approximate surface area is 170 Å². The predicted octanol–water partition coefficient (Wildman–Crippen LogP) is 3.57. The number of aliphatic hydroxyl groups is 1.